The van der Waals surface area contributed by atoms with Crippen LogP contribution in [-0.4, -0.2) is 17.5 Å². The first-order valence-corrected chi connectivity index (χ1v) is 8.95. The predicted octanol–water partition coefficient (Wildman–Crippen LogP) is 4.27. The van der Waals surface area contributed by atoms with Crippen molar-refractivity contribution in [3.8, 4) is 11.5 Å². The highest BCUT2D eigenvalue weighted by Crippen LogP contribution is 2.33. The third-order valence-corrected chi connectivity index (χ3v) is 4.53. The third-order valence-electron chi connectivity index (χ3n) is 4.53. The van der Waals surface area contributed by atoms with E-state index >= 15 is 0 Å². The molecule has 0 spiro atoms. The first-order valence-electron chi connectivity index (χ1n) is 8.95. The van der Waals surface area contributed by atoms with Crippen LogP contribution in [0.1, 0.15) is 27.0 Å². The van der Waals surface area contributed by atoms with Crippen LogP contribution < -0.4 is 9.47 Å². The maximum absolute atomic E-state index is 12.5. The Morgan fingerprint density at radius 1 is 1.03 bits per heavy atom. The van der Waals surface area contributed by atoms with Gasteiger partial charge in [0.1, 0.15) is 18.1 Å². The van der Waals surface area contributed by atoms with Crippen LogP contribution >= 0.6 is 0 Å². The summed E-state index contributed by atoms with van der Waals surface area (Å²) in [5.41, 5.74) is 2.32. The molecule has 4 rings (SSSR count). The number of carbonyl (C=O) groups is 1. The Balaban J connectivity index is 1.50. The number of ether oxygens (including phenoxy) is 3. The van der Waals surface area contributed by atoms with Gasteiger partial charge in [-0.3, -0.25) is 14.9 Å². The normalized spacial score (nSPS) is 12.6. The Labute approximate surface area is 166 Å². The molecule has 1 aliphatic heterocycles. The first kappa shape index (κ1) is 18.6. The Morgan fingerprint density at radius 2 is 1.76 bits per heavy atom. The van der Waals surface area contributed by atoms with E-state index in [1.807, 2.05) is 18.2 Å². The largest absolute Gasteiger partial charge is 0.489 e. The van der Waals surface area contributed by atoms with Gasteiger partial charge in [-0.1, -0.05) is 30.3 Å². The van der Waals surface area contributed by atoms with Gasteiger partial charge in [0.05, 0.1) is 11.5 Å². The number of benzene rings is 3. The van der Waals surface area contributed by atoms with E-state index in [9.17, 15) is 14.9 Å². The second kappa shape index (κ2) is 8.12. The van der Waals surface area contributed by atoms with E-state index in [2.05, 4.69) is 0 Å². The highest BCUT2D eigenvalue weighted by atomic mass is 16.7. The minimum atomic E-state index is -0.456. The molecule has 146 valence electrons. The van der Waals surface area contributed by atoms with Crippen LogP contribution in [0.25, 0.3) is 0 Å². The molecule has 0 amide bonds. The van der Waals surface area contributed by atoms with Gasteiger partial charge >= 0.3 is 0 Å². The summed E-state index contributed by atoms with van der Waals surface area (Å²) in [7, 11) is 0. The fourth-order valence-corrected chi connectivity index (χ4v) is 3.11. The molecule has 0 N–H and O–H groups in total. The molecule has 1 heterocycles. The molecule has 7 nitrogen and oxygen atoms in total. The number of carbonyl (C=O) groups excluding carboxylic acids is 1. The van der Waals surface area contributed by atoms with E-state index < -0.39 is 4.92 Å². The average molecular weight is 391 g/mol. The molecule has 0 unspecified atom stereocenters. The number of ketones is 1. The summed E-state index contributed by atoms with van der Waals surface area (Å²) in [5, 5.41) is 11.2. The number of nitrogens with zero attached hydrogens (tertiary/aromatic N) is 1. The van der Waals surface area contributed by atoms with Crippen LogP contribution in [0.5, 0.6) is 11.5 Å². The molecule has 0 saturated heterocycles. The van der Waals surface area contributed by atoms with Gasteiger partial charge < -0.3 is 14.2 Å². The molecule has 0 radical (unpaired) electrons. The maximum atomic E-state index is 12.5. The molecule has 3 aromatic rings. The van der Waals surface area contributed by atoms with Crippen molar-refractivity contribution in [1.82, 2.24) is 0 Å². The maximum Gasteiger partial charge on any atom is 0.270 e. The number of nitro benzene ring substituents is 1. The molecule has 0 bridgehead atoms. The lowest BCUT2D eigenvalue weighted by molar-refractivity contribution is -0.385. The summed E-state index contributed by atoms with van der Waals surface area (Å²) in [6, 6.07) is 18.7. The summed E-state index contributed by atoms with van der Waals surface area (Å²) in [6.45, 7) is 0.435. The minimum absolute atomic E-state index is 0.0414. The summed E-state index contributed by atoms with van der Waals surface area (Å²) < 4.78 is 16.5. The van der Waals surface area contributed by atoms with Crippen LogP contribution in [0.2, 0.25) is 0 Å². The molecular formula is C22H17NO6. The monoisotopic (exact) mass is 391 g/mol. The SMILES string of the molecule is O=C(c1ccccc1)c1ccc(OCc2cc([N+](=O)[O-])cc3c2OCOC3)cc1. The molecule has 0 aromatic heterocycles. The molecule has 29 heavy (non-hydrogen) atoms. The van der Waals surface area contributed by atoms with Gasteiger partial charge in [-0.05, 0) is 24.3 Å². The Bertz CT molecular complexity index is 1050. The van der Waals surface area contributed by atoms with E-state index in [1.54, 1.807) is 36.4 Å². The zero-order valence-corrected chi connectivity index (χ0v) is 15.4. The second-order valence-electron chi connectivity index (χ2n) is 6.47. The van der Waals surface area contributed by atoms with Crippen molar-refractivity contribution in [3.63, 3.8) is 0 Å². The molecular weight excluding hydrogens is 374 g/mol. The Morgan fingerprint density at radius 3 is 2.48 bits per heavy atom. The van der Waals surface area contributed by atoms with Crippen molar-refractivity contribution >= 4 is 11.5 Å². The van der Waals surface area contributed by atoms with E-state index in [-0.39, 0.29) is 31.5 Å². The van der Waals surface area contributed by atoms with Crippen molar-refractivity contribution in [1.29, 1.82) is 0 Å². The van der Waals surface area contributed by atoms with Crippen LogP contribution in [0, 0.1) is 10.1 Å². The van der Waals surface area contributed by atoms with E-state index in [0.717, 1.165) is 0 Å². The predicted molar refractivity (Wildman–Crippen MR) is 104 cm³/mol. The zero-order valence-electron chi connectivity index (χ0n) is 15.4. The third kappa shape index (κ3) is 4.09. The van der Waals surface area contributed by atoms with Gasteiger partial charge in [-0.25, -0.2) is 0 Å². The fourth-order valence-electron chi connectivity index (χ4n) is 3.11. The zero-order chi connectivity index (χ0) is 20.2. The van der Waals surface area contributed by atoms with E-state index in [0.29, 0.717) is 33.8 Å². The minimum Gasteiger partial charge on any atom is -0.489 e. The Hall–Kier alpha value is -3.71. The lowest BCUT2D eigenvalue weighted by Gasteiger charge is -2.20. The lowest BCUT2D eigenvalue weighted by Crippen LogP contribution is -2.14. The van der Waals surface area contributed by atoms with Crippen molar-refractivity contribution in [3.05, 3.63) is 99.1 Å². The van der Waals surface area contributed by atoms with Gasteiger partial charge in [-0.15, -0.1) is 0 Å². The summed E-state index contributed by atoms with van der Waals surface area (Å²) in [6.07, 6.45) is 0. The molecule has 0 saturated carbocycles. The number of hydrogen-bond acceptors (Lipinski definition) is 6. The molecule has 0 atom stereocenters. The van der Waals surface area contributed by atoms with Gasteiger partial charge in [0.25, 0.3) is 5.69 Å². The number of non-ortho nitro benzene ring substituents is 1. The van der Waals surface area contributed by atoms with Crippen LogP contribution in [0.15, 0.2) is 66.7 Å². The first-order chi connectivity index (χ1) is 14.1. The second-order valence-corrected chi connectivity index (χ2v) is 6.47. The summed E-state index contributed by atoms with van der Waals surface area (Å²) in [4.78, 5) is 23.2. The Kier molecular flexibility index (Phi) is 5.22. The smallest absolute Gasteiger partial charge is 0.270 e. The van der Waals surface area contributed by atoms with Crippen molar-refractivity contribution in [2.75, 3.05) is 6.79 Å². The highest BCUT2D eigenvalue weighted by Gasteiger charge is 2.21. The fraction of sp³-hybridized carbons (Fsp3) is 0.136. The summed E-state index contributed by atoms with van der Waals surface area (Å²) >= 11 is 0. The van der Waals surface area contributed by atoms with E-state index in [4.69, 9.17) is 14.2 Å². The number of hydrogen-bond donors (Lipinski definition) is 0. The van der Waals surface area contributed by atoms with Crippen LogP contribution in [0.3, 0.4) is 0 Å². The molecule has 0 aliphatic carbocycles. The summed E-state index contributed by atoms with van der Waals surface area (Å²) in [5.74, 6) is 1.03. The van der Waals surface area contributed by atoms with Crippen molar-refractivity contribution < 1.29 is 23.9 Å². The number of fused-ring (bicyclic) bond motifs is 1. The van der Waals surface area contributed by atoms with Crippen LogP contribution in [0.4, 0.5) is 5.69 Å². The van der Waals surface area contributed by atoms with E-state index in [1.165, 1.54) is 12.1 Å². The topological polar surface area (TPSA) is 87.9 Å². The standard InChI is InChI=1S/C22H17NO6/c24-21(15-4-2-1-3-5-15)16-6-8-20(9-7-16)28-13-18-11-19(23(25)26)10-17-12-27-14-29-22(17)18/h1-11H,12-14H2. The lowest BCUT2D eigenvalue weighted by atomic mass is 10.0. The van der Waals surface area contributed by atoms with Crippen molar-refractivity contribution in [2.24, 2.45) is 0 Å². The highest BCUT2D eigenvalue weighted by molar-refractivity contribution is 6.08. The molecule has 7 heteroatoms. The molecule has 3 aromatic carbocycles. The quantitative estimate of drug-likeness (QED) is 0.354. The molecule has 1 aliphatic rings. The van der Waals surface area contributed by atoms with Gasteiger partial charge in [-0.2, -0.15) is 0 Å². The number of rotatable bonds is 6. The van der Waals surface area contributed by atoms with Gasteiger partial charge in [0.2, 0.25) is 0 Å². The van der Waals surface area contributed by atoms with Gasteiger partial charge in [0, 0.05) is 34.4 Å². The number of nitro groups is 1. The average Bonchev–Trinajstić information content (AvgIpc) is 2.77. The van der Waals surface area contributed by atoms with Crippen molar-refractivity contribution in [2.45, 2.75) is 13.2 Å². The van der Waals surface area contributed by atoms with Crippen LogP contribution in [-0.2, 0) is 18.0 Å². The molecule has 0 fully saturated rings. The van der Waals surface area contributed by atoms with Gasteiger partial charge in [0.15, 0.2) is 12.6 Å².